The molecule has 0 aromatic heterocycles. The lowest BCUT2D eigenvalue weighted by atomic mass is 9.46. The van der Waals surface area contributed by atoms with Crippen molar-refractivity contribution in [3.63, 3.8) is 0 Å². The van der Waals surface area contributed by atoms with E-state index in [4.69, 9.17) is 14.4 Å². The summed E-state index contributed by atoms with van der Waals surface area (Å²) in [5, 5.41) is 32.6. The van der Waals surface area contributed by atoms with Crippen LogP contribution in [0.15, 0.2) is 34.1 Å². The van der Waals surface area contributed by atoms with Crippen molar-refractivity contribution in [2.24, 2.45) is 44.8 Å². The van der Waals surface area contributed by atoms with Gasteiger partial charge in [-0.1, -0.05) is 42.7 Å². The Bertz CT molecular complexity index is 989. The first-order valence-electron chi connectivity index (χ1n) is 13.4. The summed E-state index contributed by atoms with van der Waals surface area (Å²) < 4.78 is 5.30. The Hall–Kier alpha value is -2.19. The second kappa shape index (κ2) is 9.93. The van der Waals surface area contributed by atoms with Gasteiger partial charge in [0.15, 0.2) is 0 Å². The third-order valence-electron chi connectivity index (χ3n) is 9.54. The highest BCUT2D eigenvalue weighted by Crippen LogP contribution is 2.68. The van der Waals surface area contributed by atoms with Gasteiger partial charge in [-0.15, -0.1) is 0 Å². The third-order valence-corrected chi connectivity index (χ3v) is 9.54. The van der Waals surface area contributed by atoms with Crippen molar-refractivity contribution >= 4 is 17.4 Å². The van der Waals surface area contributed by atoms with E-state index in [0.717, 1.165) is 25.0 Å². The average molecular weight is 503 g/mol. The predicted octanol–water partition coefficient (Wildman–Crippen LogP) is 4.02. The van der Waals surface area contributed by atoms with Crippen LogP contribution in [0.3, 0.4) is 0 Å². The molecule has 3 fully saturated rings. The zero-order valence-electron chi connectivity index (χ0n) is 22.5. The van der Waals surface area contributed by atoms with Crippen molar-refractivity contribution in [2.75, 3.05) is 19.8 Å². The summed E-state index contributed by atoms with van der Waals surface area (Å²) in [4.78, 5) is 22.2. The number of rotatable bonds is 7. The summed E-state index contributed by atoms with van der Waals surface area (Å²) >= 11 is 0. The molecule has 0 aromatic carbocycles. The normalized spacial score (nSPS) is 42.8. The lowest BCUT2D eigenvalue weighted by Crippen LogP contribution is -2.63. The van der Waals surface area contributed by atoms with Crippen LogP contribution < -0.4 is 0 Å². The maximum atomic E-state index is 12.4. The molecule has 2 N–H and O–H groups in total. The second-order valence-corrected chi connectivity index (χ2v) is 11.4. The number of oxime groups is 2. The van der Waals surface area contributed by atoms with E-state index in [1.54, 1.807) is 0 Å². The molecule has 0 heterocycles. The second-order valence-electron chi connectivity index (χ2n) is 11.4. The van der Waals surface area contributed by atoms with Gasteiger partial charge >= 0.3 is 5.97 Å². The summed E-state index contributed by atoms with van der Waals surface area (Å²) in [6, 6.07) is 0. The van der Waals surface area contributed by atoms with Crippen molar-refractivity contribution in [1.82, 2.24) is 0 Å². The topological polar surface area (TPSA) is 110 Å². The van der Waals surface area contributed by atoms with Crippen LogP contribution in [0.2, 0.25) is 0 Å². The summed E-state index contributed by atoms with van der Waals surface area (Å²) in [5.41, 5.74) is 0.149. The van der Waals surface area contributed by atoms with Gasteiger partial charge in [0, 0.05) is 23.7 Å². The number of aliphatic hydroxyl groups is 2. The first-order chi connectivity index (χ1) is 17.0. The zero-order chi connectivity index (χ0) is 26.3. The maximum absolute atomic E-state index is 12.4. The number of nitrogens with zero attached hydrogens (tertiary/aromatic N) is 2. The van der Waals surface area contributed by atoms with Crippen molar-refractivity contribution in [3.05, 3.63) is 23.8 Å². The molecule has 0 aromatic rings. The van der Waals surface area contributed by atoms with Gasteiger partial charge in [0.2, 0.25) is 0 Å². The number of fused-ring (bicyclic) bond motifs is 5. The van der Waals surface area contributed by atoms with Crippen LogP contribution in [-0.4, -0.2) is 59.1 Å². The molecule has 4 rings (SSSR count). The molecule has 0 aliphatic heterocycles. The smallest absolute Gasteiger partial charge is 0.303 e. The molecule has 8 atom stereocenters. The fourth-order valence-electron chi connectivity index (χ4n) is 8.00. The van der Waals surface area contributed by atoms with Crippen molar-refractivity contribution < 1.29 is 29.4 Å². The van der Waals surface area contributed by atoms with Crippen molar-refractivity contribution in [2.45, 2.75) is 78.9 Å². The predicted molar refractivity (Wildman–Crippen MR) is 137 cm³/mol. The summed E-state index contributed by atoms with van der Waals surface area (Å²) in [6.07, 6.45) is 8.78. The van der Waals surface area contributed by atoms with Crippen LogP contribution in [0, 0.1) is 34.5 Å². The molecular formula is C28H42N2O6. The van der Waals surface area contributed by atoms with E-state index in [9.17, 15) is 15.0 Å². The fourth-order valence-corrected chi connectivity index (χ4v) is 8.00. The SMILES string of the molecule is CCO/N=C1/C=C[C@@]2(C)C(=C1)CC[C@@H]1[C@@H]2[C@@H](O)C[C@@]2(C)[C@H]1C[C@@H](C)[C@]2(O)/C(COC(C)=O)=N/OCC. The highest BCUT2D eigenvalue weighted by atomic mass is 16.6. The van der Waals surface area contributed by atoms with Crippen LogP contribution in [-0.2, 0) is 19.2 Å². The number of aliphatic hydroxyl groups excluding tert-OH is 1. The van der Waals surface area contributed by atoms with Gasteiger partial charge < -0.3 is 24.6 Å². The van der Waals surface area contributed by atoms with E-state index in [1.807, 2.05) is 26.8 Å². The molecule has 0 spiro atoms. The Morgan fingerprint density at radius 1 is 1.22 bits per heavy atom. The van der Waals surface area contributed by atoms with Crippen LogP contribution in [0.4, 0.5) is 0 Å². The van der Waals surface area contributed by atoms with Gasteiger partial charge in [-0.25, -0.2) is 0 Å². The fraction of sp³-hybridized carbons (Fsp3) is 0.750. The lowest BCUT2D eigenvalue weighted by molar-refractivity contribution is -0.150. The molecule has 0 bridgehead atoms. The maximum Gasteiger partial charge on any atom is 0.303 e. The number of carbonyl (C=O) groups is 1. The van der Waals surface area contributed by atoms with Crippen LogP contribution in [0.1, 0.15) is 67.2 Å². The summed E-state index contributed by atoms with van der Waals surface area (Å²) in [6.45, 7) is 12.2. The Morgan fingerprint density at radius 2 is 1.94 bits per heavy atom. The highest BCUT2D eigenvalue weighted by molar-refractivity contribution is 6.05. The number of carbonyl (C=O) groups excluding carboxylic acids is 1. The first-order valence-corrected chi connectivity index (χ1v) is 13.4. The molecule has 4 aliphatic carbocycles. The van der Waals surface area contributed by atoms with E-state index in [0.29, 0.717) is 25.3 Å². The number of esters is 1. The van der Waals surface area contributed by atoms with E-state index >= 15 is 0 Å². The van der Waals surface area contributed by atoms with E-state index < -0.39 is 23.1 Å². The quantitative estimate of drug-likeness (QED) is 0.309. The van der Waals surface area contributed by atoms with Gasteiger partial charge in [0.1, 0.15) is 36.8 Å². The minimum atomic E-state index is -1.36. The molecule has 8 heteroatoms. The summed E-state index contributed by atoms with van der Waals surface area (Å²) in [5.74, 6) is -0.120. The number of hydrogen-bond acceptors (Lipinski definition) is 8. The van der Waals surface area contributed by atoms with Crippen LogP contribution >= 0.6 is 0 Å². The Kier molecular flexibility index (Phi) is 7.41. The lowest BCUT2D eigenvalue weighted by Gasteiger charge is -2.60. The molecule has 4 aliphatic rings. The number of allylic oxidation sites excluding steroid dienone is 4. The van der Waals surface area contributed by atoms with Gasteiger partial charge in [0.25, 0.3) is 0 Å². The minimum absolute atomic E-state index is 0.0377. The van der Waals surface area contributed by atoms with E-state index in [-0.39, 0.29) is 35.7 Å². The molecule has 0 amide bonds. The molecule has 3 saturated carbocycles. The molecule has 200 valence electrons. The van der Waals surface area contributed by atoms with Crippen molar-refractivity contribution in [3.8, 4) is 0 Å². The Labute approximate surface area is 214 Å². The molecular weight excluding hydrogens is 460 g/mol. The molecule has 0 radical (unpaired) electrons. The van der Waals surface area contributed by atoms with E-state index in [1.165, 1.54) is 12.5 Å². The van der Waals surface area contributed by atoms with Gasteiger partial charge in [-0.2, -0.15) is 0 Å². The number of hydrogen-bond donors (Lipinski definition) is 2. The Morgan fingerprint density at radius 3 is 2.61 bits per heavy atom. The molecule has 0 saturated heterocycles. The van der Waals surface area contributed by atoms with Gasteiger partial charge in [0.05, 0.1) is 6.10 Å². The largest absolute Gasteiger partial charge is 0.459 e. The van der Waals surface area contributed by atoms with Crippen molar-refractivity contribution in [1.29, 1.82) is 0 Å². The molecule has 8 nitrogen and oxygen atoms in total. The Balaban J connectivity index is 1.70. The average Bonchev–Trinajstić information content (AvgIpc) is 3.03. The van der Waals surface area contributed by atoms with Crippen LogP contribution in [0.5, 0.6) is 0 Å². The monoisotopic (exact) mass is 502 g/mol. The van der Waals surface area contributed by atoms with Gasteiger partial charge in [-0.05, 0) is 69.4 Å². The summed E-state index contributed by atoms with van der Waals surface area (Å²) in [7, 11) is 0. The molecule has 36 heavy (non-hydrogen) atoms. The minimum Gasteiger partial charge on any atom is -0.459 e. The third kappa shape index (κ3) is 4.10. The molecule has 0 unspecified atom stereocenters. The zero-order valence-corrected chi connectivity index (χ0v) is 22.5. The van der Waals surface area contributed by atoms with E-state index in [2.05, 4.69) is 36.3 Å². The van der Waals surface area contributed by atoms with Gasteiger partial charge in [-0.3, -0.25) is 4.79 Å². The first kappa shape index (κ1) is 26.9. The highest BCUT2D eigenvalue weighted by Gasteiger charge is 2.70. The van der Waals surface area contributed by atoms with Crippen LogP contribution in [0.25, 0.3) is 0 Å². The number of ether oxygens (including phenoxy) is 1. The standard InChI is InChI=1S/C28H42N2O6/c1-7-35-29-20-11-12-26(5)19(14-20)9-10-21-22-13-17(3)28(33,27(22,6)15-23(32)25(21)26)24(30-36-8-2)16-34-18(4)31/h11-12,14,17,21-23,25,32-33H,7-10,13,15-16H2,1-6H3/b29-20-,30-24+/t17-,21+,22+,23+,25-,26+,27+,28+/m1/s1.